The summed E-state index contributed by atoms with van der Waals surface area (Å²) in [5, 5.41) is 5.66. The molecule has 1 aliphatic carbocycles. The Kier molecular flexibility index (Phi) is 10.7. The number of primary amides is 1. The van der Waals surface area contributed by atoms with Crippen LogP contribution in [0.3, 0.4) is 0 Å². The van der Waals surface area contributed by atoms with E-state index in [4.69, 9.17) is 16.9 Å². The van der Waals surface area contributed by atoms with E-state index in [1.165, 1.54) is 0 Å². The van der Waals surface area contributed by atoms with Crippen LogP contribution in [0.2, 0.25) is 0 Å². The van der Waals surface area contributed by atoms with E-state index in [-0.39, 0.29) is 36.8 Å². The highest BCUT2D eigenvalue weighted by Crippen LogP contribution is 2.41. The zero-order chi connectivity index (χ0) is 28.6. The van der Waals surface area contributed by atoms with Crippen molar-refractivity contribution < 1.29 is 23.9 Å². The normalized spacial score (nSPS) is 18.8. The maximum absolute atomic E-state index is 14.1. The topological polar surface area (TPSA) is 131 Å². The SMILES string of the molecule is C#Cc1ccc(C(C(=O)NC(C)CCC)N(C(=O)C(CCC(N)=O)NC(=O)OC(C)(C)C)C2CC2C)cc1. The number of terminal acetylenes is 1. The molecule has 1 aliphatic rings. The third-order valence-corrected chi connectivity index (χ3v) is 6.38. The Labute approximate surface area is 226 Å². The van der Waals surface area contributed by atoms with E-state index in [1.54, 1.807) is 49.9 Å². The van der Waals surface area contributed by atoms with Crippen molar-refractivity contribution in [2.45, 2.75) is 103 Å². The molecule has 0 bridgehead atoms. The Balaban J connectivity index is 2.51. The van der Waals surface area contributed by atoms with Gasteiger partial charge < -0.3 is 26.0 Å². The lowest BCUT2D eigenvalue weighted by atomic mass is 9.99. The van der Waals surface area contributed by atoms with Crippen LogP contribution in [0, 0.1) is 18.3 Å². The second kappa shape index (κ2) is 13.3. The lowest BCUT2D eigenvalue weighted by molar-refractivity contribution is -0.144. The highest BCUT2D eigenvalue weighted by Gasteiger charge is 2.48. The van der Waals surface area contributed by atoms with E-state index in [9.17, 15) is 19.2 Å². The van der Waals surface area contributed by atoms with E-state index in [0.717, 1.165) is 12.8 Å². The highest BCUT2D eigenvalue weighted by atomic mass is 16.6. The summed E-state index contributed by atoms with van der Waals surface area (Å²) in [6.45, 7) is 11.1. The quantitative estimate of drug-likeness (QED) is 0.359. The van der Waals surface area contributed by atoms with Crippen molar-refractivity contribution in [1.29, 1.82) is 0 Å². The minimum Gasteiger partial charge on any atom is -0.444 e. The molecule has 1 fully saturated rings. The van der Waals surface area contributed by atoms with E-state index < -0.39 is 35.6 Å². The molecule has 2 rings (SSSR count). The first-order chi connectivity index (χ1) is 17.8. The van der Waals surface area contributed by atoms with Gasteiger partial charge in [-0.1, -0.05) is 38.3 Å². The number of carbonyl (C=O) groups is 4. The van der Waals surface area contributed by atoms with Gasteiger partial charge >= 0.3 is 6.09 Å². The molecule has 1 aromatic carbocycles. The molecule has 0 aliphatic heterocycles. The Bertz CT molecular complexity index is 1040. The average Bonchev–Trinajstić information content (AvgIpc) is 3.54. The molecule has 208 valence electrons. The number of nitrogens with two attached hydrogens (primary N) is 1. The summed E-state index contributed by atoms with van der Waals surface area (Å²) < 4.78 is 5.36. The van der Waals surface area contributed by atoms with E-state index in [0.29, 0.717) is 17.5 Å². The summed E-state index contributed by atoms with van der Waals surface area (Å²) in [5.74, 6) is 1.32. The van der Waals surface area contributed by atoms with Crippen LogP contribution in [0.25, 0.3) is 0 Å². The van der Waals surface area contributed by atoms with Gasteiger partial charge in [0.1, 0.15) is 17.7 Å². The van der Waals surface area contributed by atoms with Gasteiger partial charge in [-0.15, -0.1) is 6.42 Å². The molecule has 0 aromatic heterocycles. The Hall–Kier alpha value is -3.54. The van der Waals surface area contributed by atoms with E-state index in [1.807, 2.05) is 20.8 Å². The van der Waals surface area contributed by atoms with Crippen molar-refractivity contribution in [1.82, 2.24) is 15.5 Å². The molecule has 5 unspecified atom stereocenters. The van der Waals surface area contributed by atoms with E-state index >= 15 is 0 Å². The number of ether oxygens (including phenoxy) is 1. The zero-order valence-electron chi connectivity index (χ0n) is 23.4. The van der Waals surface area contributed by atoms with Crippen LogP contribution in [-0.4, -0.2) is 52.4 Å². The van der Waals surface area contributed by atoms with Crippen LogP contribution in [0.4, 0.5) is 4.79 Å². The Morgan fingerprint density at radius 2 is 1.76 bits per heavy atom. The zero-order valence-corrected chi connectivity index (χ0v) is 23.4. The summed E-state index contributed by atoms with van der Waals surface area (Å²) >= 11 is 0. The van der Waals surface area contributed by atoms with Gasteiger partial charge in [0, 0.05) is 24.1 Å². The molecule has 9 heteroatoms. The summed E-state index contributed by atoms with van der Waals surface area (Å²) in [7, 11) is 0. The van der Waals surface area contributed by atoms with E-state index in [2.05, 4.69) is 16.6 Å². The summed E-state index contributed by atoms with van der Waals surface area (Å²) in [4.78, 5) is 53.6. The van der Waals surface area contributed by atoms with Gasteiger partial charge in [0.2, 0.25) is 17.7 Å². The predicted octanol–water partition coefficient (Wildman–Crippen LogP) is 3.41. The summed E-state index contributed by atoms with van der Waals surface area (Å²) in [6.07, 6.45) is 6.96. The lowest BCUT2D eigenvalue weighted by Crippen LogP contribution is -2.54. The van der Waals surface area contributed by atoms with Crippen LogP contribution in [-0.2, 0) is 19.1 Å². The molecule has 0 radical (unpaired) electrons. The molecule has 4 N–H and O–H groups in total. The van der Waals surface area contributed by atoms with Gasteiger partial charge in [-0.3, -0.25) is 14.4 Å². The van der Waals surface area contributed by atoms with Gasteiger partial charge in [-0.25, -0.2) is 4.79 Å². The van der Waals surface area contributed by atoms with Crippen molar-refractivity contribution in [2.24, 2.45) is 11.7 Å². The van der Waals surface area contributed by atoms with Gasteiger partial charge in [0.25, 0.3) is 0 Å². The summed E-state index contributed by atoms with van der Waals surface area (Å²) in [6, 6.07) is 4.57. The van der Waals surface area contributed by atoms with Gasteiger partial charge in [0.15, 0.2) is 0 Å². The fraction of sp³-hybridized carbons (Fsp3) is 0.586. The second-order valence-corrected chi connectivity index (χ2v) is 11.1. The standard InChI is InChI=1S/C29H42N4O5/c1-8-10-19(4)31-26(35)25(21-13-11-20(9-2)12-14-21)33(23-17-18(23)3)27(36)22(15-16-24(30)34)32-28(37)38-29(5,6)7/h2,11-14,18-19,22-23,25H,8,10,15-17H2,1,3-7H3,(H2,30,34)(H,31,35)(H,32,37). The van der Waals surface area contributed by atoms with Crippen LogP contribution < -0.4 is 16.4 Å². The number of hydrogen-bond acceptors (Lipinski definition) is 5. The number of amides is 4. The smallest absolute Gasteiger partial charge is 0.408 e. The van der Waals surface area contributed by atoms with Crippen molar-refractivity contribution in [3.63, 3.8) is 0 Å². The molecular formula is C29H42N4O5. The fourth-order valence-electron chi connectivity index (χ4n) is 4.37. The first kappa shape index (κ1) is 30.7. The highest BCUT2D eigenvalue weighted by molar-refractivity contribution is 5.93. The van der Waals surface area contributed by atoms with Crippen LogP contribution in [0.15, 0.2) is 24.3 Å². The molecule has 0 spiro atoms. The number of nitrogens with zero attached hydrogens (tertiary/aromatic N) is 1. The maximum Gasteiger partial charge on any atom is 0.408 e. The van der Waals surface area contributed by atoms with Crippen LogP contribution in [0.1, 0.15) is 90.8 Å². The largest absolute Gasteiger partial charge is 0.444 e. The van der Waals surface area contributed by atoms with Crippen molar-refractivity contribution in [3.05, 3.63) is 35.4 Å². The molecule has 0 saturated heterocycles. The average molecular weight is 527 g/mol. The number of hydrogen-bond donors (Lipinski definition) is 3. The fourth-order valence-corrected chi connectivity index (χ4v) is 4.37. The molecule has 38 heavy (non-hydrogen) atoms. The maximum atomic E-state index is 14.1. The second-order valence-electron chi connectivity index (χ2n) is 11.1. The molecule has 4 amide bonds. The van der Waals surface area contributed by atoms with Crippen LogP contribution in [0.5, 0.6) is 0 Å². The molecule has 0 heterocycles. The molecule has 1 saturated carbocycles. The number of rotatable bonds is 12. The Morgan fingerprint density at radius 1 is 1.16 bits per heavy atom. The number of benzene rings is 1. The van der Waals surface area contributed by atoms with Crippen molar-refractivity contribution in [2.75, 3.05) is 0 Å². The first-order valence-electron chi connectivity index (χ1n) is 13.2. The molecule has 5 atom stereocenters. The monoisotopic (exact) mass is 526 g/mol. The third kappa shape index (κ3) is 9.09. The molecular weight excluding hydrogens is 484 g/mol. The lowest BCUT2D eigenvalue weighted by Gasteiger charge is -2.35. The third-order valence-electron chi connectivity index (χ3n) is 6.38. The van der Waals surface area contributed by atoms with Crippen molar-refractivity contribution >= 4 is 23.8 Å². The minimum atomic E-state index is -1.11. The number of nitrogens with one attached hydrogen (secondary N) is 2. The predicted molar refractivity (Wildman–Crippen MR) is 146 cm³/mol. The van der Waals surface area contributed by atoms with Gasteiger partial charge in [-0.2, -0.15) is 0 Å². The Morgan fingerprint density at radius 3 is 2.24 bits per heavy atom. The first-order valence-corrected chi connectivity index (χ1v) is 13.2. The number of carbonyl (C=O) groups excluding carboxylic acids is 4. The van der Waals surface area contributed by atoms with Crippen molar-refractivity contribution in [3.8, 4) is 12.3 Å². The number of alkyl carbamates (subject to hydrolysis) is 1. The van der Waals surface area contributed by atoms with Crippen LogP contribution >= 0.6 is 0 Å². The van der Waals surface area contributed by atoms with Gasteiger partial charge in [0.05, 0.1) is 0 Å². The summed E-state index contributed by atoms with van der Waals surface area (Å²) in [5.41, 5.74) is 5.83. The van der Waals surface area contributed by atoms with Gasteiger partial charge in [-0.05, 0) is 70.6 Å². The molecule has 1 aromatic rings. The molecule has 9 nitrogen and oxygen atoms in total. The minimum absolute atomic E-state index is 0.0262.